The topological polar surface area (TPSA) is 49.3 Å². The van der Waals surface area contributed by atoms with Crippen LogP contribution in [0.15, 0.2) is 36.7 Å². The van der Waals surface area contributed by atoms with E-state index >= 15 is 0 Å². The van der Waals surface area contributed by atoms with E-state index < -0.39 is 0 Å². The highest BCUT2D eigenvalue weighted by atomic mass is 16.1. The fraction of sp³-hybridized carbons (Fsp3) is 0.522. The Kier molecular flexibility index (Phi) is 5.60. The molecule has 0 bridgehead atoms. The third kappa shape index (κ3) is 4.18. The third-order valence-corrected chi connectivity index (χ3v) is 6.01. The molecule has 28 heavy (non-hydrogen) atoms. The maximum absolute atomic E-state index is 12.8. The molecule has 2 saturated heterocycles. The number of piperidine rings is 2. The van der Waals surface area contributed by atoms with Crippen LogP contribution in [0.5, 0.6) is 0 Å². The van der Waals surface area contributed by atoms with Gasteiger partial charge in [-0.15, -0.1) is 0 Å². The van der Waals surface area contributed by atoms with Crippen LogP contribution in [0.2, 0.25) is 0 Å². The van der Waals surface area contributed by atoms with Crippen molar-refractivity contribution < 1.29 is 4.79 Å². The molecule has 2 fully saturated rings. The van der Waals surface area contributed by atoms with Crippen LogP contribution in [-0.4, -0.2) is 41.9 Å². The monoisotopic (exact) mass is 378 g/mol. The summed E-state index contributed by atoms with van der Waals surface area (Å²) in [6.45, 7) is 8.84. The van der Waals surface area contributed by atoms with Crippen LogP contribution in [0.3, 0.4) is 0 Å². The zero-order valence-electron chi connectivity index (χ0n) is 17.0. The lowest BCUT2D eigenvalue weighted by atomic mass is 10.00. The Hall–Kier alpha value is -2.43. The van der Waals surface area contributed by atoms with Crippen LogP contribution < -0.4 is 9.80 Å². The standard InChI is InChI=1S/C23H30N4O/c1-17-5-3-11-26(15-17)19-7-9-21(24-13-19)23(28)22-10-8-20(14-25-22)27-12-4-6-18(2)16-27/h7-10,13-14,17-18H,3-6,11-12,15-16H2,1-2H3. The van der Waals surface area contributed by atoms with Crippen molar-refractivity contribution in [1.82, 2.24) is 9.97 Å². The minimum atomic E-state index is -0.114. The fourth-order valence-corrected chi connectivity index (χ4v) is 4.39. The lowest BCUT2D eigenvalue weighted by Gasteiger charge is -2.32. The molecule has 2 aliphatic heterocycles. The summed E-state index contributed by atoms with van der Waals surface area (Å²) in [4.78, 5) is 26.4. The zero-order chi connectivity index (χ0) is 19.5. The Morgan fingerprint density at radius 1 is 0.821 bits per heavy atom. The number of hydrogen-bond donors (Lipinski definition) is 0. The van der Waals surface area contributed by atoms with Crippen LogP contribution in [0.1, 0.15) is 55.7 Å². The van der Waals surface area contributed by atoms with Gasteiger partial charge in [-0.3, -0.25) is 14.8 Å². The number of hydrogen-bond acceptors (Lipinski definition) is 5. The van der Waals surface area contributed by atoms with Crippen molar-refractivity contribution in [1.29, 1.82) is 0 Å². The van der Waals surface area contributed by atoms with Gasteiger partial charge in [-0.1, -0.05) is 13.8 Å². The van der Waals surface area contributed by atoms with Gasteiger partial charge in [0.2, 0.25) is 5.78 Å². The molecule has 0 aliphatic carbocycles. The van der Waals surface area contributed by atoms with Crippen molar-refractivity contribution >= 4 is 17.2 Å². The van der Waals surface area contributed by atoms with Gasteiger partial charge in [0.15, 0.2) is 0 Å². The first-order valence-electron chi connectivity index (χ1n) is 10.6. The molecule has 5 heteroatoms. The molecule has 4 heterocycles. The molecular weight excluding hydrogens is 348 g/mol. The van der Waals surface area contributed by atoms with Gasteiger partial charge >= 0.3 is 0 Å². The number of carbonyl (C=O) groups excluding carboxylic acids is 1. The maximum Gasteiger partial charge on any atom is 0.229 e. The summed E-state index contributed by atoms with van der Waals surface area (Å²) in [5, 5.41) is 0. The second kappa shape index (κ2) is 8.29. The van der Waals surface area contributed by atoms with Crippen molar-refractivity contribution in [2.45, 2.75) is 39.5 Å². The minimum absolute atomic E-state index is 0.114. The highest BCUT2D eigenvalue weighted by molar-refractivity contribution is 6.06. The van der Waals surface area contributed by atoms with E-state index in [4.69, 9.17) is 0 Å². The first kappa shape index (κ1) is 18.9. The summed E-state index contributed by atoms with van der Waals surface area (Å²) in [6, 6.07) is 7.70. The Balaban J connectivity index is 1.44. The molecule has 0 spiro atoms. The number of pyridine rings is 2. The largest absolute Gasteiger partial charge is 0.370 e. The number of nitrogens with zero attached hydrogens (tertiary/aromatic N) is 4. The molecule has 2 unspecified atom stereocenters. The molecule has 0 aromatic carbocycles. The summed E-state index contributed by atoms with van der Waals surface area (Å²) >= 11 is 0. The quantitative estimate of drug-likeness (QED) is 0.747. The summed E-state index contributed by atoms with van der Waals surface area (Å²) in [5.74, 6) is 1.30. The van der Waals surface area contributed by atoms with Gasteiger partial charge in [-0.25, -0.2) is 0 Å². The predicted molar refractivity (Wildman–Crippen MR) is 113 cm³/mol. The number of ketones is 1. The molecule has 148 valence electrons. The van der Waals surface area contributed by atoms with Gasteiger partial charge in [0.1, 0.15) is 11.4 Å². The Labute approximate surface area is 167 Å². The molecule has 2 atom stereocenters. The van der Waals surface area contributed by atoms with E-state index in [-0.39, 0.29) is 5.78 Å². The summed E-state index contributed by atoms with van der Waals surface area (Å²) < 4.78 is 0. The highest BCUT2D eigenvalue weighted by Gasteiger charge is 2.20. The first-order valence-corrected chi connectivity index (χ1v) is 10.6. The van der Waals surface area contributed by atoms with Crippen molar-refractivity contribution in [2.75, 3.05) is 36.0 Å². The maximum atomic E-state index is 12.8. The Bertz CT molecular complexity index is 735. The van der Waals surface area contributed by atoms with E-state index in [0.717, 1.165) is 37.6 Å². The molecular formula is C23H30N4O. The van der Waals surface area contributed by atoms with Gasteiger partial charge in [0.05, 0.1) is 23.8 Å². The van der Waals surface area contributed by atoms with E-state index in [1.165, 1.54) is 25.7 Å². The fourth-order valence-electron chi connectivity index (χ4n) is 4.39. The van der Waals surface area contributed by atoms with E-state index in [2.05, 4.69) is 33.6 Å². The average molecular weight is 379 g/mol. The van der Waals surface area contributed by atoms with Crippen LogP contribution in [0, 0.1) is 11.8 Å². The summed E-state index contributed by atoms with van der Waals surface area (Å²) in [6.07, 6.45) is 8.67. The molecule has 0 saturated carbocycles. The van der Waals surface area contributed by atoms with Gasteiger partial charge in [0, 0.05) is 26.2 Å². The van der Waals surface area contributed by atoms with Crippen LogP contribution in [0.4, 0.5) is 11.4 Å². The van der Waals surface area contributed by atoms with E-state index in [0.29, 0.717) is 23.2 Å². The smallest absolute Gasteiger partial charge is 0.229 e. The number of anilines is 2. The van der Waals surface area contributed by atoms with Crippen LogP contribution >= 0.6 is 0 Å². The highest BCUT2D eigenvalue weighted by Crippen LogP contribution is 2.24. The predicted octanol–water partition coefficient (Wildman–Crippen LogP) is 4.18. The lowest BCUT2D eigenvalue weighted by molar-refractivity contribution is 0.103. The molecule has 2 aromatic rings. The summed E-state index contributed by atoms with van der Waals surface area (Å²) in [7, 11) is 0. The van der Waals surface area contributed by atoms with Gasteiger partial charge in [-0.2, -0.15) is 0 Å². The number of rotatable bonds is 4. The molecule has 0 amide bonds. The van der Waals surface area contributed by atoms with Crippen LogP contribution in [-0.2, 0) is 0 Å². The second-order valence-electron chi connectivity index (χ2n) is 8.52. The lowest BCUT2D eigenvalue weighted by Crippen LogP contribution is -2.34. The number of aromatic nitrogens is 2. The molecule has 0 radical (unpaired) electrons. The third-order valence-electron chi connectivity index (χ3n) is 6.01. The molecule has 5 nitrogen and oxygen atoms in total. The van der Waals surface area contributed by atoms with E-state index in [1.54, 1.807) is 0 Å². The van der Waals surface area contributed by atoms with Crippen molar-refractivity contribution in [3.63, 3.8) is 0 Å². The second-order valence-corrected chi connectivity index (χ2v) is 8.52. The SMILES string of the molecule is CC1CCCN(c2ccc(C(=O)c3ccc(N4CCCC(C)C4)cn3)nc2)C1. The summed E-state index contributed by atoms with van der Waals surface area (Å²) in [5.41, 5.74) is 3.12. The number of carbonyl (C=O) groups is 1. The van der Waals surface area contributed by atoms with E-state index in [1.807, 2.05) is 36.7 Å². The van der Waals surface area contributed by atoms with Crippen molar-refractivity contribution in [3.05, 3.63) is 48.0 Å². The van der Waals surface area contributed by atoms with Gasteiger partial charge in [-0.05, 0) is 61.8 Å². The van der Waals surface area contributed by atoms with E-state index in [9.17, 15) is 4.79 Å². The van der Waals surface area contributed by atoms with Crippen LogP contribution in [0.25, 0.3) is 0 Å². The molecule has 0 N–H and O–H groups in total. The van der Waals surface area contributed by atoms with Crippen molar-refractivity contribution in [2.24, 2.45) is 11.8 Å². The Morgan fingerprint density at radius 2 is 1.29 bits per heavy atom. The zero-order valence-corrected chi connectivity index (χ0v) is 17.0. The molecule has 4 rings (SSSR count). The van der Waals surface area contributed by atoms with Gasteiger partial charge < -0.3 is 9.80 Å². The van der Waals surface area contributed by atoms with Crippen molar-refractivity contribution in [3.8, 4) is 0 Å². The average Bonchev–Trinajstić information content (AvgIpc) is 2.73. The molecule has 2 aromatic heterocycles. The normalized spacial score (nSPS) is 22.9. The Morgan fingerprint density at radius 3 is 1.64 bits per heavy atom. The molecule has 2 aliphatic rings. The van der Waals surface area contributed by atoms with Gasteiger partial charge in [0.25, 0.3) is 0 Å². The first-order chi connectivity index (χ1) is 13.6. The minimum Gasteiger partial charge on any atom is -0.370 e.